The summed E-state index contributed by atoms with van der Waals surface area (Å²) >= 11 is 5.60. The molecular formula is C28H37FN4O3S. The molecule has 2 aromatic carbocycles. The van der Waals surface area contributed by atoms with Crippen molar-refractivity contribution in [3.05, 3.63) is 53.8 Å². The number of para-hydroxylation sites is 1. The highest BCUT2D eigenvalue weighted by Gasteiger charge is 2.52. The number of carbonyl (C=O) groups is 1. The molecule has 200 valence electrons. The topological polar surface area (TPSA) is 66.1 Å². The second kappa shape index (κ2) is 11.6. The molecule has 2 saturated heterocycles. The summed E-state index contributed by atoms with van der Waals surface area (Å²) in [7, 11) is 3.25. The van der Waals surface area contributed by atoms with Gasteiger partial charge in [-0.05, 0) is 54.4 Å². The number of amides is 1. The minimum Gasteiger partial charge on any atom is -0.493 e. The van der Waals surface area contributed by atoms with Gasteiger partial charge in [-0.3, -0.25) is 10.1 Å². The van der Waals surface area contributed by atoms with Crippen molar-refractivity contribution in [3.8, 4) is 11.5 Å². The Labute approximate surface area is 224 Å². The van der Waals surface area contributed by atoms with Crippen molar-refractivity contribution in [2.45, 2.75) is 51.2 Å². The van der Waals surface area contributed by atoms with E-state index >= 15 is 0 Å². The molecule has 2 aliphatic rings. The first-order valence-corrected chi connectivity index (χ1v) is 13.3. The molecule has 2 heterocycles. The number of nitrogens with one attached hydrogen (secondary N) is 2. The van der Waals surface area contributed by atoms with Crippen LogP contribution in [0.15, 0.2) is 42.5 Å². The van der Waals surface area contributed by atoms with Gasteiger partial charge in [-0.1, -0.05) is 38.5 Å². The summed E-state index contributed by atoms with van der Waals surface area (Å²) in [5.74, 6) is 1.43. The summed E-state index contributed by atoms with van der Waals surface area (Å²) in [5, 5.41) is 7.27. The Balaban J connectivity index is 1.47. The molecule has 0 aromatic heterocycles. The van der Waals surface area contributed by atoms with Crippen LogP contribution in [0.4, 0.5) is 10.1 Å². The first kappa shape index (κ1) is 27.1. The predicted octanol–water partition coefficient (Wildman–Crippen LogP) is 4.42. The van der Waals surface area contributed by atoms with Gasteiger partial charge < -0.3 is 24.6 Å². The van der Waals surface area contributed by atoms with Crippen molar-refractivity contribution in [1.29, 1.82) is 0 Å². The monoisotopic (exact) mass is 528 g/mol. The summed E-state index contributed by atoms with van der Waals surface area (Å²) in [6, 6.07) is 12.2. The molecule has 7 nitrogen and oxygen atoms in total. The van der Waals surface area contributed by atoms with Crippen LogP contribution in [0.5, 0.6) is 11.5 Å². The third-order valence-electron chi connectivity index (χ3n) is 7.75. The van der Waals surface area contributed by atoms with Crippen LogP contribution in [-0.2, 0) is 11.2 Å². The number of halogens is 1. The standard InChI is InChI=1S/C28H37FN4O3S/c1-5-19(2)25-26(34)33(15-12-20-10-11-23(35-3)24(18-20)36-4)28(31-25)13-16-32(17-14-28)27(37)30-22-9-7-6-8-21(22)29/h6-11,18-19,25,31H,5,12-17H2,1-4H3,(H,30,37). The molecule has 2 aromatic rings. The summed E-state index contributed by atoms with van der Waals surface area (Å²) < 4.78 is 24.9. The van der Waals surface area contributed by atoms with Gasteiger partial charge in [0.2, 0.25) is 5.91 Å². The number of anilines is 1. The van der Waals surface area contributed by atoms with E-state index < -0.39 is 5.66 Å². The van der Waals surface area contributed by atoms with Crippen LogP contribution in [0, 0.1) is 11.7 Å². The second-order valence-electron chi connectivity index (χ2n) is 9.87. The summed E-state index contributed by atoms with van der Waals surface area (Å²) in [6.45, 7) is 6.19. The van der Waals surface area contributed by atoms with Crippen LogP contribution >= 0.6 is 12.2 Å². The van der Waals surface area contributed by atoms with E-state index in [1.807, 2.05) is 23.1 Å². The SMILES string of the molecule is CCC(C)C1NC2(CCN(C(=S)Nc3ccccc3F)CC2)N(CCc2ccc(OC)c(OC)c2)C1=O. The van der Waals surface area contributed by atoms with Gasteiger partial charge in [0.25, 0.3) is 0 Å². The zero-order valence-corrected chi connectivity index (χ0v) is 22.9. The Kier molecular flexibility index (Phi) is 8.54. The van der Waals surface area contributed by atoms with Crippen LogP contribution in [-0.4, -0.2) is 66.4 Å². The number of hydrogen-bond donors (Lipinski definition) is 2. The van der Waals surface area contributed by atoms with E-state index in [2.05, 4.69) is 29.4 Å². The van der Waals surface area contributed by atoms with Crippen molar-refractivity contribution in [2.24, 2.45) is 5.92 Å². The molecule has 0 bridgehead atoms. The number of rotatable bonds is 8. The lowest BCUT2D eigenvalue weighted by Crippen LogP contribution is -2.60. The Hall–Kier alpha value is -2.91. The van der Waals surface area contributed by atoms with Gasteiger partial charge in [0, 0.05) is 32.5 Å². The van der Waals surface area contributed by atoms with Gasteiger partial charge in [0.15, 0.2) is 16.6 Å². The Bertz CT molecular complexity index is 1120. The fourth-order valence-corrected chi connectivity index (χ4v) is 5.57. The van der Waals surface area contributed by atoms with Crippen molar-refractivity contribution < 1.29 is 18.7 Å². The van der Waals surface area contributed by atoms with Gasteiger partial charge in [0.1, 0.15) is 5.82 Å². The molecule has 1 spiro atoms. The molecule has 9 heteroatoms. The lowest BCUT2D eigenvalue weighted by atomic mass is 9.95. The van der Waals surface area contributed by atoms with Gasteiger partial charge in [-0.15, -0.1) is 0 Å². The molecule has 0 aliphatic carbocycles. The Morgan fingerprint density at radius 2 is 1.89 bits per heavy atom. The maximum Gasteiger partial charge on any atom is 0.241 e. The lowest BCUT2D eigenvalue weighted by molar-refractivity contribution is -0.133. The molecule has 0 radical (unpaired) electrons. The molecule has 2 aliphatic heterocycles. The number of hydrogen-bond acceptors (Lipinski definition) is 5. The van der Waals surface area contributed by atoms with E-state index in [9.17, 15) is 9.18 Å². The smallest absolute Gasteiger partial charge is 0.241 e. The minimum atomic E-state index is -0.425. The number of likely N-dealkylation sites (tertiary alicyclic amines) is 1. The molecule has 1 amide bonds. The number of carbonyl (C=O) groups excluding carboxylic acids is 1. The predicted molar refractivity (Wildman–Crippen MR) is 148 cm³/mol. The number of thiocarbonyl (C=S) groups is 1. The number of benzene rings is 2. The average Bonchev–Trinajstić information content (AvgIpc) is 3.18. The van der Waals surface area contributed by atoms with Gasteiger partial charge >= 0.3 is 0 Å². The van der Waals surface area contributed by atoms with Crippen LogP contribution in [0.1, 0.15) is 38.7 Å². The van der Waals surface area contributed by atoms with Crippen LogP contribution in [0.3, 0.4) is 0 Å². The third-order valence-corrected chi connectivity index (χ3v) is 8.11. The molecule has 2 unspecified atom stereocenters. The minimum absolute atomic E-state index is 0.162. The highest BCUT2D eigenvalue weighted by molar-refractivity contribution is 7.80. The fourth-order valence-electron chi connectivity index (χ4n) is 5.28. The van der Waals surface area contributed by atoms with Crippen LogP contribution in [0.25, 0.3) is 0 Å². The number of methoxy groups -OCH3 is 2. The summed E-state index contributed by atoms with van der Waals surface area (Å²) in [6.07, 6.45) is 3.10. The highest BCUT2D eigenvalue weighted by atomic mass is 32.1. The fraction of sp³-hybridized carbons (Fsp3) is 0.500. The average molecular weight is 529 g/mol. The second-order valence-corrected chi connectivity index (χ2v) is 10.3. The van der Waals surface area contributed by atoms with E-state index in [1.165, 1.54) is 6.07 Å². The van der Waals surface area contributed by atoms with Crippen molar-refractivity contribution in [1.82, 2.24) is 15.1 Å². The molecule has 2 atom stereocenters. The molecule has 0 saturated carbocycles. The quantitative estimate of drug-likeness (QED) is 0.492. The van der Waals surface area contributed by atoms with E-state index in [0.29, 0.717) is 48.4 Å². The summed E-state index contributed by atoms with van der Waals surface area (Å²) in [4.78, 5) is 17.7. The Morgan fingerprint density at radius 1 is 1.19 bits per heavy atom. The van der Waals surface area contributed by atoms with Gasteiger partial charge in [-0.25, -0.2) is 4.39 Å². The molecule has 2 fully saturated rings. The van der Waals surface area contributed by atoms with Gasteiger partial charge in [0.05, 0.1) is 31.6 Å². The maximum atomic E-state index is 14.1. The third kappa shape index (κ3) is 5.67. The normalized spacial score (nSPS) is 19.7. The van der Waals surface area contributed by atoms with Crippen molar-refractivity contribution >= 4 is 28.9 Å². The van der Waals surface area contributed by atoms with E-state index in [-0.39, 0.29) is 23.7 Å². The van der Waals surface area contributed by atoms with E-state index in [1.54, 1.807) is 32.4 Å². The van der Waals surface area contributed by atoms with Crippen molar-refractivity contribution in [2.75, 3.05) is 39.2 Å². The van der Waals surface area contributed by atoms with Gasteiger partial charge in [-0.2, -0.15) is 0 Å². The van der Waals surface area contributed by atoms with E-state index in [0.717, 1.165) is 24.8 Å². The van der Waals surface area contributed by atoms with E-state index in [4.69, 9.17) is 21.7 Å². The number of piperidine rings is 1. The molecule has 2 N–H and O–H groups in total. The maximum absolute atomic E-state index is 14.1. The number of ether oxygens (including phenoxy) is 2. The zero-order valence-electron chi connectivity index (χ0n) is 22.1. The first-order valence-electron chi connectivity index (χ1n) is 12.9. The first-order chi connectivity index (χ1) is 17.8. The zero-order chi connectivity index (χ0) is 26.6. The lowest BCUT2D eigenvalue weighted by Gasteiger charge is -2.45. The highest BCUT2D eigenvalue weighted by Crippen LogP contribution is 2.36. The molecule has 37 heavy (non-hydrogen) atoms. The molecular weight excluding hydrogens is 491 g/mol. The Morgan fingerprint density at radius 3 is 2.54 bits per heavy atom. The summed E-state index contributed by atoms with van der Waals surface area (Å²) in [5.41, 5.74) is 1.03. The molecule has 4 rings (SSSR count). The van der Waals surface area contributed by atoms with Crippen molar-refractivity contribution in [3.63, 3.8) is 0 Å². The number of nitrogens with zero attached hydrogens (tertiary/aromatic N) is 2. The van der Waals surface area contributed by atoms with Crippen LogP contribution < -0.4 is 20.1 Å². The largest absolute Gasteiger partial charge is 0.493 e. The van der Waals surface area contributed by atoms with Crippen LogP contribution in [0.2, 0.25) is 0 Å².